The molecule has 0 aliphatic heterocycles. The van der Waals surface area contributed by atoms with E-state index in [-0.39, 0.29) is 16.5 Å². The molecule has 0 aliphatic carbocycles. The second kappa shape index (κ2) is 7.73. The van der Waals surface area contributed by atoms with Crippen LogP contribution in [0.2, 0.25) is 10.0 Å². The van der Waals surface area contributed by atoms with Gasteiger partial charge in [-0.1, -0.05) is 35.3 Å². The largest absolute Gasteiger partial charge is 0.419 e. The van der Waals surface area contributed by atoms with Crippen LogP contribution in [0, 0.1) is 17.0 Å². The third-order valence-electron chi connectivity index (χ3n) is 3.67. The normalized spacial score (nSPS) is 11.1. The highest BCUT2D eigenvalue weighted by Crippen LogP contribution is 2.37. The monoisotopic (exact) mass is 402 g/mol. The van der Waals surface area contributed by atoms with E-state index in [1.54, 1.807) is 25.1 Å². The number of ether oxygens (including phenoxy) is 1. The number of esters is 1. The lowest BCUT2D eigenvalue weighted by atomic mass is 10.2. The Bertz CT molecular complexity index is 1100. The molecule has 0 unspecified atom stereocenters. The first-order valence-electron chi connectivity index (χ1n) is 7.75. The first kappa shape index (κ1) is 18.8. The molecule has 0 bridgehead atoms. The lowest BCUT2D eigenvalue weighted by molar-refractivity contribution is -0.384. The number of aryl methyl sites for hydroxylation is 1. The van der Waals surface area contributed by atoms with E-state index in [2.05, 4.69) is 4.98 Å². The van der Waals surface area contributed by atoms with E-state index in [0.29, 0.717) is 27.2 Å². The Morgan fingerprint density at radius 3 is 2.70 bits per heavy atom. The summed E-state index contributed by atoms with van der Waals surface area (Å²) in [7, 11) is 0. The highest BCUT2D eigenvalue weighted by atomic mass is 35.5. The average Bonchev–Trinajstić information content (AvgIpc) is 2.63. The minimum atomic E-state index is -0.699. The molecule has 0 N–H and O–H groups in total. The second-order valence-corrected chi connectivity index (χ2v) is 6.44. The third-order valence-corrected chi connectivity index (χ3v) is 4.27. The van der Waals surface area contributed by atoms with Crippen LogP contribution >= 0.6 is 23.2 Å². The van der Waals surface area contributed by atoms with Crippen LogP contribution in [-0.4, -0.2) is 15.9 Å². The fraction of sp³-hybridized carbons (Fsp3) is 0.0526. The number of carbonyl (C=O) groups excluding carboxylic acids is 1. The molecule has 8 heteroatoms. The lowest BCUT2D eigenvalue weighted by Gasteiger charge is -2.10. The van der Waals surface area contributed by atoms with Crippen LogP contribution in [0.1, 0.15) is 11.3 Å². The molecule has 3 rings (SSSR count). The molecule has 0 spiro atoms. The van der Waals surface area contributed by atoms with Gasteiger partial charge in [0.25, 0.3) is 5.69 Å². The second-order valence-electron chi connectivity index (χ2n) is 5.62. The molecule has 0 atom stereocenters. The molecule has 1 heterocycles. The molecule has 0 fully saturated rings. The molecule has 1 aromatic heterocycles. The van der Waals surface area contributed by atoms with Crippen molar-refractivity contribution in [1.29, 1.82) is 0 Å². The summed E-state index contributed by atoms with van der Waals surface area (Å²) in [5.41, 5.74) is 1.51. The number of hydrogen-bond donors (Lipinski definition) is 0. The number of pyridine rings is 1. The molecule has 0 saturated carbocycles. The number of hydrogen-bond acceptors (Lipinski definition) is 5. The average molecular weight is 403 g/mol. The van der Waals surface area contributed by atoms with E-state index in [4.69, 9.17) is 27.9 Å². The fourth-order valence-electron chi connectivity index (χ4n) is 2.43. The van der Waals surface area contributed by atoms with Crippen LogP contribution in [0.5, 0.6) is 5.75 Å². The zero-order chi connectivity index (χ0) is 19.6. The number of halogens is 2. The van der Waals surface area contributed by atoms with Crippen LogP contribution in [0.4, 0.5) is 5.69 Å². The van der Waals surface area contributed by atoms with Gasteiger partial charge in [-0.05, 0) is 36.8 Å². The van der Waals surface area contributed by atoms with Crippen LogP contribution in [0.25, 0.3) is 17.0 Å². The van der Waals surface area contributed by atoms with E-state index in [1.807, 2.05) is 0 Å². The van der Waals surface area contributed by atoms with Crippen LogP contribution in [0.15, 0.2) is 48.5 Å². The summed E-state index contributed by atoms with van der Waals surface area (Å²) in [6.07, 6.45) is 2.58. The Hall–Kier alpha value is -2.96. The SMILES string of the molecule is Cc1ccc2c(Cl)cc(Cl)c(OC(=O)C=Cc3cccc([N+](=O)[O-])c3)c2n1. The van der Waals surface area contributed by atoms with Crippen molar-refractivity contribution in [2.45, 2.75) is 6.92 Å². The zero-order valence-corrected chi connectivity index (χ0v) is 15.5. The molecule has 6 nitrogen and oxygen atoms in total. The van der Waals surface area contributed by atoms with Gasteiger partial charge in [-0.25, -0.2) is 9.78 Å². The van der Waals surface area contributed by atoms with E-state index in [9.17, 15) is 14.9 Å². The van der Waals surface area contributed by atoms with E-state index >= 15 is 0 Å². The maximum atomic E-state index is 12.2. The van der Waals surface area contributed by atoms with Crippen molar-refractivity contribution in [3.8, 4) is 5.75 Å². The molecule has 0 saturated heterocycles. The lowest BCUT2D eigenvalue weighted by Crippen LogP contribution is -2.05. The number of carbonyl (C=O) groups is 1. The number of non-ortho nitro benzene ring substituents is 1. The summed E-state index contributed by atoms with van der Waals surface area (Å²) in [6, 6.07) is 10.9. The summed E-state index contributed by atoms with van der Waals surface area (Å²) >= 11 is 12.3. The zero-order valence-electron chi connectivity index (χ0n) is 14.0. The van der Waals surface area contributed by atoms with Gasteiger partial charge in [0.2, 0.25) is 0 Å². The van der Waals surface area contributed by atoms with E-state index in [0.717, 1.165) is 6.08 Å². The van der Waals surface area contributed by atoms with Gasteiger partial charge >= 0.3 is 5.97 Å². The van der Waals surface area contributed by atoms with Crippen molar-refractivity contribution in [3.05, 3.63) is 80.0 Å². The summed E-state index contributed by atoms with van der Waals surface area (Å²) in [5.74, 6) is -0.594. The highest BCUT2D eigenvalue weighted by Gasteiger charge is 2.15. The Balaban J connectivity index is 1.89. The molecular formula is C19H12Cl2N2O4. The first-order chi connectivity index (χ1) is 12.8. The number of nitro groups is 1. The van der Waals surface area contributed by atoms with Gasteiger partial charge in [0.1, 0.15) is 5.52 Å². The van der Waals surface area contributed by atoms with Crippen LogP contribution in [-0.2, 0) is 4.79 Å². The van der Waals surface area contributed by atoms with Crippen molar-refractivity contribution in [2.24, 2.45) is 0 Å². The van der Waals surface area contributed by atoms with Gasteiger partial charge in [-0.2, -0.15) is 0 Å². The number of nitro benzene ring substituents is 1. The summed E-state index contributed by atoms with van der Waals surface area (Å²) in [5, 5.41) is 12.0. The number of rotatable bonds is 4. The van der Waals surface area contributed by atoms with Crippen LogP contribution in [0.3, 0.4) is 0 Å². The van der Waals surface area contributed by atoms with Crippen molar-refractivity contribution in [3.63, 3.8) is 0 Å². The topological polar surface area (TPSA) is 82.3 Å². The summed E-state index contributed by atoms with van der Waals surface area (Å²) < 4.78 is 5.36. The van der Waals surface area contributed by atoms with Gasteiger partial charge in [0.15, 0.2) is 5.75 Å². The first-order valence-corrected chi connectivity index (χ1v) is 8.50. The molecule has 2 aromatic carbocycles. The summed E-state index contributed by atoms with van der Waals surface area (Å²) in [4.78, 5) is 26.9. The van der Waals surface area contributed by atoms with E-state index in [1.165, 1.54) is 30.3 Å². The standard InChI is InChI=1S/C19H12Cl2N2O4/c1-11-5-7-14-15(20)10-16(21)19(18(14)22-11)27-17(24)8-6-12-3-2-4-13(9-12)23(25)26/h2-10H,1H3. The van der Waals surface area contributed by atoms with Gasteiger partial charge in [0, 0.05) is 29.3 Å². The van der Waals surface area contributed by atoms with Crippen molar-refractivity contribution >= 4 is 51.8 Å². The molecular weight excluding hydrogens is 391 g/mol. The fourth-order valence-corrected chi connectivity index (χ4v) is 2.98. The summed E-state index contributed by atoms with van der Waals surface area (Å²) in [6.45, 7) is 1.79. The molecule has 3 aromatic rings. The quantitative estimate of drug-likeness (QED) is 0.192. The smallest absolute Gasteiger partial charge is 0.336 e. The van der Waals surface area contributed by atoms with Crippen molar-refractivity contribution in [1.82, 2.24) is 4.98 Å². The number of nitrogens with zero attached hydrogens (tertiary/aromatic N) is 2. The van der Waals surface area contributed by atoms with Gasteiger partial charge < -0.3 is 4.74 Å². The highest BCUT2D eigenvalue weighted by molar-refractivity contribution is 6.39. The van der Waals surface area contributed by atoms with E-state index < -0.39 is 10.9 Å². The molecule has 0 radical (unpaired) electrons. The van der Waals surface area contributed by atoms with Crippen molar-refractivity contribution in [2.75, 3.05) is 0 Å². The molecule has 136 valence electrons. The Morgan fingerprint density at radius 1 is 1.19 bits per heavy atom. The Labute approximate surface area is 164 Å². The maximum absolute atomic E-state index is 12.2. The van der Waals surface area contributed by atoms with Gasteiger partial charge in [-0.15, -0.1) is 0 Å². The maximum Gasteiger partial charge on any atom is 0.336 e. The molecule has 27 heavy (non-hydrogen) atoms. The van der Waals surface area contributed by atoms with Crippen molar-refractivity contribution < 1.29 is 14.5 Å². The van der Waals surface area contributed by atoms with Gasteiger partial charge in [0.05, 0.1) is 15.0 Å². The number of benzene rings is 2. The predicted octanol–water partition coefficient (Wildman–Crippen LogP) is 5.38. The minimum absolute atomic E-state index is 0.0723. The number of aromatic nitrogens is 1. The van der Waals surface area contributed by atoms with Crippen LogP contribution < -0.4 is 4.74 Å². The number of fused-ring (bicyclic) bond motifs is 1. The Kier molecular flexibility index (Phi) is 5.39. The molecule has 0 amide bonds. The molecule has 0 aliphatic rings. The Morgan fingerprint density at radius 2 is 1.96 bits per heavy atom. The predicted molar refractivity (Wildman–Crippen MR) is 104 cm³/mol. The van der Waals surface area contributed by atoms with Gasteiger partial charge in [-0.3, -0.25) is 10.1 Å². The third kappa shape index (κ3) is 4.24. The minimum Gasteiger partial charge on any atom is -0.419 e.